The van der Waals surface area contributed by atoms with E-state index in [2.05, 4.69) is 15.1 Å². The largest absolute Gasteiger partial charge is 0.383 e. The van der Waals surface area contributed by atoms with Gasteiger partial charge in [0.1, 0.15) is 10.6 Å². The van der Waals surface area contributed by atoms with Crippen LogP contribution in [0.25, 0.3) is 21.6 Å². The standard InChI is InChI=1S/C13H13N5S/c1-18-6-7(5-15-18)12-16-11(14)10-8-3-2-4-9(8)19-13(10)17-12/h5-6H,2-4H2,1H3,(H2,14,16,17). The molecule has 0 radical (unpaired) electrons. The topological polar surface area (TPSA) is 69.6 Å². The summed E-state index contributed by atoms with van der Waals surface area (Å²) in [5.74, 6) is 1.27. The minimum atomic E-state index is 0.600. The molecule has 0 unspecified atom stereocenters. The molecule has 5 nitrogen and oxygen atoms in total. The van der Waals surface area contributed by atoms with E-state index in [1.807, 2.05) is 13.2 Å². The Balaban J connectivity index is 1.96. The van der Waals surface area contributed by atoms with Crippen LogP contribution in [0.4, 0.5) is 5.82 Å². The lowest BCUT2D eigenvalue weighted by Gasteiger charge is -2.01. The molecular weight excluding hydrogens is 258 g/mol. The van der Waals surface area contributed by atoms with Gasteiger partial charge < -0.3 is 5.73 Å². The van der Waals surface area contributed by atoms with Crippen molar-refractivity contribution in [3.63, 3.8) is 0 Å². The highest BCUT2D eigenvalue weighted by Crippen LogP contribution is 2.39. The maximum absolute atomic E-state index is 6.15. The van der Waals surface area contributed by atoms with E-state index in [9.17, 15) is 0 Å². The summed E-state index contributed by atoms with van der Waals surface area (Å²) in [6.45, 7) is 0. The van der Waals surface area contributed by atoms with Crippen LogP contribution >= 0.6 is 11.3 Å². The Labute approximate surface area is 114 Å². The second-order valence-corrected chi connectivity index (χ2v) is 5.96. The molecule has 0 aromatic carbocycles. The van der Waals surface area contributed by atoms with E-state index in [-0.39, 0.29) is 0 Å². The Morgan fingerprint density at radius 1 is 1.32 bits per heavy atom. The molecule has 96 valence electrons. The SMILES string of the molecule is Cn1cc(-c2nc(N)c3c4c(sc3n2)CCC4)cn1. The van der Waals surface area contributed by atoms with Crippen LogP contribution in [0.5, 0.6) is 0 Å². The highest BCUT2D eigenvalue weighted by molar-refractivity contribution is 7.19. The summed E-state index contributed by atoms with van der Waals surface area (Å²) in [5.41, 5.74) is 8.42. The lowest BCUT2D eigenvalue weighted by molar-refractivity contribution is 0.768. The number of aromatic nitrogens is 4. The molecule has 6 heteroatoms. The van der Waals surface area contributed by atoms with Crippen LogP contribution in [-0.2, 0) is 19.9 Å². The molecule has 2 N–H and O–H groups in total. The number of nitrogens with zero attached hydrogens (tertiary/aromatic N) is 4. The van der Waals surface area contributed by atoms with Gasteiger partial charge in [-0.1, -0.05) is 0 Å². The van der Waals surface area contributed by atoms with Gasteiger partial charge in [-0.3, -0.25) is 4.68 Å². The maximum atomic E-state index is 6.15. The minimum Gasteiger partial charge on any atom is -0.383 e. The average molecular weight is 271 g/mol. The van der Waals surface area contributed by atoms with Crippen LogP contribution < -0.4 is 5.73 Å². The van der Waals surface area contributed by atoms with Crippen molar-refractivity contribution in [3.8, 4) is 11.4 Å². The summed E-state index contributed by atoms with van der Waals surface area (Å²) in [7, 11) is 1.88. The third kappa shape index (κ3) is 1.56. The van der Waals surface area contributed by atoms with Gasteiger partial charge >= 0.3 is 0 Å². The predicted molar refractivity (Wildman–Crippen MR) is 76.1 cm³/mol. The van der Waals surface area contributed by atoms with Crippen LogP contribution in [0.2, 0.25) is 0 Å². The van der Waals surface area contributed by atoms with Gasteiger partial charge in [-0.25, -0.2) is 9.97 Å². The van der Waals surface area contributed by atoms with Gasteiger partial charge in [0.25, 0.3) is 0 Å². The number of hydrogen-bond donors (Lipinski definition) is 1. The molecule has 0 atom stereocenters. The highest BCUT2D eigenvalue weighted by Gasteiger charge is 2.21. The fourth-order valence-electron chi connectivity index (χ4n) is 2.69. The molecule has 1 aliphatic carbocycles. The first kappa shape index (κ1) is 10.9. The lowest BCUT2D eigenvalue weighted by atomic mass is 10.2. The van der Waals surface area contributed by atoms with Crippen molar-refractivity contribution in [2.45, 2.75) is 19.3 Å². The Morgan fingerprint density at radius 2 is 2.21 bits per heavy atom. The van der Waals surface area contributed by atoms with Gasteiger partial charge in [-0.05, 0) is 24.8 Å². The first-order chi connectivity index (χ1) is 9.22. The molecule has 1 aliphatic rings. The lowest BCUT2D eigenvalue weighted by Crippen LogP contribution is -1.97. The van der Waals surface area contributed by atoms with E-state index >= 15 is 0 Å². The zero-order valence-electron chi connectivity index (χ0n) is 10.6. The quantitative estimate of drug-likeness (QED) is 0.736. The van der Waals surface area contributed by atoms with Crippen molar-refractivity contribution in [1.82, 2.24) is 19.7 Å². The van der Waals surface area contributed by atoms with Gasteiger partial charge in [-0.15, -0.1) is 11.3 Å². The van der Waals surface area contributed by atoms with Crippen molar-refractivity contribution in [2.24, 2.45) is 7.05 Å². The van der Waals surface area contributed by atoms with Crippen molar-refractivity contribution in [2.75, 3.05) is 5.73 Å². The summed E-state index contributed by atoms with van der Waals surface area (Å²) in [6, 6.07) is 0. The Morgan fingerprint density at radius 3 is 3.00 bits per heavy atom. The van der Waals surface area contributed by atoms with Crippen LogP contribution in [0, 0.1) is 0 Å². The monoisotopic (exact) mass is 271 g/mol. The molecule has 0 aliphatic heterocycles. The summed E-state index contributed by atoms with van der Waals surface area (Å²) in [4.78, 5) is 11.6. The van der Waals surface area contributed by atoms with Gasteiger partial charge in [-0.2, -0.15) is 5.10 Å². The van der Waals surface area contributed by atoms with E-state index in [1.54, 1.807) is 22.2 Å². The first-order valence-corrected chi connectivity index (χ1v) is 7.11. The normalized spacial score (nSPS) is 14.2. The van der Waals surface area contributed by atoms with E-state index < -0.39 is 0 Å². The summed E-state index contributed by atoms with van der Waals surface area (Å²) in [6.07, 6.45) is 7.15. The summed E-state index contributed by atoms with van der Waals surface area (Å²) >= 11 is 1.76. The van der Waals surface area contributed by atoms with Gasteiger partial charge in [0.15, 0.2) is 5.82 Å². The van der Waals surface area contributed by atoms with Crippen molar-refractivity contribution < 1.29 is 0 Å². The number of thiophene rings is 1. The molecule has 0 fully saturated rings. The fraction of sp³-hybridized carbons (Fsp3) is 0.308. The molecule has 0 saturated heterocycles. The molecule has 0 amide bonds. The molecule has 19 heavy (non-hydrogen) atoms. The molecular formula is C13H13N5S. The van der Waals surface area contributed by atoms with Crippen molar-refractivity contribution >= 4 is 27.4 Å². The molecule has 3 heterocycles. The smallest absolute Gasteiger partial charge is 0.166 e. The zero-order chi connectivity index (χ0) is 13.0. The van der Waals surface area contributed by atoms with Crippen molar-refractivity contribution in [3.05, 3.63) is 22.8 Å². The van der Waals surface area contributed by atoms with E-state index in [0.717, 1.165) is 28.6 Å². The number of aryl methyl sites for hydroxylation is 3. The summed E-state index contributed by atoms with van der Waals surface area (Å²) < 4.78 is 1.74. The Bertz CT molecular complexity index is 786. The van der Waals surface area contributed by atoms with Gasteiger partial charge in [0.05, 0.1) is 17.1 Å². The third-order valence-electron chi connectivity index (χ3n) is 3.56. The molecule has 3 aromatic heterocycles. The van der Waals surface area contributed by atoms with Crippen LogP contribution in [-0.4, -0.2) is 19.7 Å². The number of rotatable bonds is 1. The van der Waals surface area contributed by atoms with E-state index in [1.165, 1.54) is 16.9 Å². The summed E-state index contributed by atoms with van der Waals surface area (Å²) in [5, 5.41) is 5.23. The Kier molecular flexibility index (Phi) is 2.17. The van der Waals surface area contributed by atoms with Crippen LogP contribution in [0.3, 0.4) is 0 Å². The molecule has 4 rings (SSSR count). The van der Waals surface area contributed by atoms with Crippen LogP contribution in [0.15, 0.2) is 12.4 Å². The predicted octanol–water partition coefficient (Wildman–Crippen LogP) is 2.16. The van der Waals surface area contributed by atoms with E-state index in [4.69, 9.17) is 5.73 Å². The fourth-order valence-corrected chi connectivity index (χ4v) is 3.96. The number of nitrogens with two attached hydrogens (primary N) is 1. The zero-order valence-corrected chi connectivity index (χ0v) is 11.4. The second kappa shape index (κ2) is 3.77. The molecule has 0 spiro atoms. The van der Waals surface area contributed by atoms with Gasteiger partial charge in [0, 0.05) is 18.1 Å². The third-order valence-corrected chi connectivity index (χ3v) is 4.74. The van der Waals surface area contributed by atoms with Crippen molar-refractivity contribution in [1.29, 1.82) is 0 Å². The van der Waals surface area contributed by atoms with E-state index in [0.29, 0.717) is 11.6 Å². The second-order valence-electron chi connectivity index (χ2n) is 4.87. The highest BCUT2D eigenvalue weighted by atomic mass is 32.1. The Hall–Kier alpha value is -1.95. The number of anilines is 1. The molecule has 0 bridgehead atoms. The van der Waals surface area contributed by atoms with Crippen LogP contribution in [0.1, 0.15) is 16.9 Å². The molecule has 0 saturated carbocycles. The number of nitrogen functional groups attached to an aromatic ring is 1. The van der Waals surface area contributed by atoms with Gasteiger partial charge in [0.2, 0.25) is 0 Å². The first-order valence-electron chi connectivity index (χ1n) is 6.29. The average Bonchev–Trinajstić information content (AvgIpc) is 3.02. The maximum Gasteiger partial charge on any atom is 0.166 e. The minimum absolute atomic E-state index is 0.600. The number of hydrogen-bond acceptors (Lipinski definition) is 5. The number of fused-ring (bicyclic) bond motifs is 3. The molecule has 3 aromatic rings.